The SMILES string of the molecule is CCc1nn(C)c2c1nc(CCCl)n2C1CCCCCC1. The fourth-order valence-electron chi connectivity index (χ4n) is 3.65. The number of aryl methyl sites for hydroxylation is 3. The van der Waals surface area contributed by atoms with Gasteiger partial charge in [-0.2, -0.15) is 5.10 Å². The van der Waals surface area contributed by atoms with Crippen LogP contribution in [0.25, 0.3) is 11.2 Å². The van der Waals surface area contributed by atoms with Crippen LogP contribution in [-0.4, -0.2) is 25.2 Å². The topological polar surface area (TPSA) is 35.6 Å². The van der Waals surface area contributed by atoms with E-state index in [1.807, 2.05) is 11.7 Å². The van der Waals surface area contributed by atoms with Crippen molar-refractivity contribution in [1.82, 2.24) is 19.3 Å². The summed E-state index contributed by atoms with van der Waals surface area (Å²) >= 11 is 6.01. The Balaban J connectivity index is 2.12. The minimum atomic E-state index is 0.566. The van der Waals surface area contributed by atoms with Crippen molar-refractivity contribution < 1.29 is 0 Å². The van der Waals surface area contributed by atoms with Crippen LogP contribution in [-0.2, 0) is 19.9 Å². The molecular formula is C16H25ClN4. The van der Waals surface area contributed by atoms with Crippen LogP contribution in [0.2, 0.25) is 0 Å². The van der Waals surface area contributed by atoms with Gasteiger partial charge in [0.05, 0.1) is 5.69 Å². The number of hydrogen-bond acceptors (Lipinski definition) is 2. The summed E-state index contributed by atoms with van der Waals surface area (Å²) in [7, 11) is 2.04. The smallest absolute Gasteiger partial charge is 0.158 e. The quantitative estimate of drug-likeness (QED) is 0.632. The summed E-state index contributed by atoms with van der Waals surface area (Å²) in [4.78, 5) is 4.90. The predicted molar refractivity (Wildman–Crippen MR) is 87.0 cm³/mol. The van der Waals surface area contributed by atoms with Gasteiger partial charge in [0.2, 0.25) is 0 Å². The van der Waals surface area contributed by atoms with Gasteiger partial charge in [0.25, 0.3) is 0 Å². The van der Waals surface area contributed by atoms with Crippen LogP contribution >= 0.6 is 11.6 Å². The van der Waals surface area contributed by atoms with Gasteiger partial charge in [0.15, 0.2) is 5.65 Å². The Kier molecular flexibility index (Phi) is 4.53. The maximum atomic E-state index is 6.01. The second-order valence-electron chi connectivity index (χ2n) is 6.08. The van der Waals surface area contributed by atoms with Crippen molar-refractivity contribution in [2.24, 2.45) is 7.05 Å². The van der Waals surface area contributed by atoms with Crippen molar-refractivity contribution in [3.63, 3.8) is 0 Å². The van der Waals surface area contributed by atoms with Gasteiger partial charge in [-0.05, 0) is 19.3 Å². The first-order chi connectivity index (χ1) is 10.3. The highest BCUT2D eigenvalue weighted by Crippen LogP contribution is 2.32. The normalized spacial score (nSPS) is 17.5. The van der Waals surface area contributed by atoms with Crippen LogP contribution in [0.4, 0.5) is 0 Å². The van der Waals surface area contributed by atoms with Crippen molar-refractivity contribution in [3.05, 3.63) is 11.5 Å². The molecule has 0 atom stereocenters. The zero-order valence-corrected chi connectivity index (χ0v) is 13.9. The molecule has 0 amide bonds. The number of imidazole rings is 1. The lowest BCUT2D eigenvalue weighted by molar-refractivity contribution is 0.434. The molecular weight excluding hydrogens is 284 g/mol. The first-order valence-corrected chi connectivity index (χ1v) is 8.78. The molecule has 5 heteroatoms. The highest BCUT2D eigenvalue weighted by Gasteiger charge is 2.24. The number of hydrogen-bond donors (Lipinski definition) is 0. The lowest BCUT2D eigenvalue weighted by Crippen LogP contribution is -2.14. The Morgan fingerprint density at radius 2 is 1.90 bits per heavy atom. The number of rotatable bonds is 4. The third-order valence-corrected chi connectivity index (χ3v) is 4.84. The highest BCUT2D eigenvalue weighted by molar-refractivity contribution is 6.17. The lowest BCUT2D eigenvalue weighted by atomic mass is 10.1. The van der Waals surface area contributed by atoms with Crippen LogP contribution in [0.1, 0.15) is 63.0 Å². The van der Waals surface area contributed by atoms with Gasteiger partial charge in [-0.1, -0.05) is 32.6 Å². The Bertz CT molecular complexity index is 605. The fourth-order valence-corrected chi connectivity index (χ4v) is 3.82. The Labute approximate surface area is 131 Å². The number of nitrogens with zero attached hydrogens (tertiary/aromatic N) is 4. The molecule has 0 aromatic carbocycles. The molecule has 116 valence electrons. The van der Waals surface area contributed by atoms with Crippen LogP contribution in [0, 0.1) is 0 Å². The van der Waals surface area contributed by atoms with Crippen molar-refractivity contribution in [3.8, 4) is 0 Å². The summed E-state index contributed by atoms with van der Waals surface area (Å²) in [6.07, 6.45) is 9.66. The molecule has 0 aliphatic heterocycles. The van der Waals surface area contributed by atoms with Gasteiger partial charge < -0.3 is 4.57 Å². The van der Waals surface area contributed by atoms with Crippen molar-refractivity contribution in [2.45, 2.75) is 64.3 Å². The van der Waals surface area contributed by atoms with E-state index in [4.69, 9.17) is 16.6 Å². The molecule has 0 N–H and O–H groups in total. The molecule has 1 aliphatic carbocycles. The molecule has 0 bridgehead atoms. The lowest BCUT2D eigenvalue weighted by Gasteiger charge is -2.20. The summed E-state index contributed by atoms with van der Waals surface area (Å²) in [5.41, 5.74) is 3.39. The van der Waals surface area contributed by atoms with E-state index in [0.717, 1.165) is 29.9 Å². The summed E-state index contributed by atoms with van der Waals surface area (Å²) in [5.74, 6) is 1.78. The number of aromatic nitrogens is 4. The maximum absolute atomic E-state index is 6.01. The predicted octanol–water partition coefficient (Wildman–Crippen LogP) is 4.01. The fraction of sp³-hybridized carbons (Fsp3) is 0.750. The van der Waals surface area contributed by atoms with Crippen molar-refractivity contribution in [1.29, 1.82) is 0 Å². The molecule has 2 aromatic heterocycles. The summed E-state index contributed by atoms with van der Waals surface area (Å²) < 4.78 is 4.47. The van der Waals surface area contributed by atoms with Gasteiger partial charge in [0, 0.05) is 25.4 Å². The van der Waals surface area contributed by atoms with E-state index in [1.165, 1.54) is 44.2 Å². The standard InChI is InChI=1S/C16H25ClN4/c1-3-13-15-16(20(2)19-13)21(14(18-15)10-11-17)12-8-6-4-5-7-9-12/h12H,3-11H2,1-2H3. The molecule has 4 nitrogen and oxygen atoms in total. The molecule has 0 saturated heterocycles. The molecule has 3 rings (SSSR count). The highest BCUT2D eigenvalue weighted by atomic mass is 35.5. The average molecular weight is 309 g/mol. The van der Waals surface area contributed by atoms with Crippen molar-refractivity contribution >= 4 is 22.8 Å². The zero-order chi connectivity index (χ0) is 14.8. The van der Waals surface area contributed by atoms with E-state index < -0.39 is 0 Å². The van der Waals surface area contributed by atoms with Crippen LogP contribution in [0.15, 0.2) is 0 Å². The third-order valence-electron chi connectivity index (χ3n) is 4.65. The molecule has 2 aromatic rings. The van der Waals surface area contributed by atoms with Gasteiger partial charge >= 0.3 is 0 Å². The maximum Gasteiger partial charge on any atom is 0.158 e. The molecule has 2 heterocycles. The Morgan fingerprint density at radius 1 is 1.19 bits per heavy atom. The summed E-state index contributed by atoms with van der Waals surface area (Å²) in [6.45, 7) is 2.15. The summed E-state index contributed by atoms with van der Waals surface area (Å²) in [5, 5.41) is 4.65. The van der Waals surface area contributed by atoms with Crippen LogP contribution in [0.5, 0.6) is 0 Å². The largest absolute Gasteiger partial charge is 0.310 e. The zero-order valence-electron chi connectivity index (χ0n) is 13.1. The van der Waals surface area contributed by atoms with Gasteiger partial charge in [0.1, 0.15) is 11.3 Å². The molecule has 1 fully saturated rings. The number of alkyl halides is 1. The monoisotopic (exact) mass is 308 g/mol. The van der Waals surface area contributed by atoms with E-state index >= 15 is 0 Å². The van der Waals surface area contributed by atoms with Gasteiger partial charge in [-0.3, -0.25) is 4.68 Å². The van der Waals surface area contributed by atoms with Crippen LogP contribution < -0.4 is 0 Å². The average Bonchev–Trinajstić information content (AvgIpc) is 2.85. The Hall–Kier alpha value is -1.03. The van der Waals surface area contributed by atoms with Crippen LogP contribution in [0.3, 0.4) is 0 Å². The minimum Gasteiger partial charge on any atom is -0.310 e. The molecule has 0 spiro atoms. The molecule has 0 radical (unpaired) electrons. The van der Waals surface area contributed by atoms with E-state index in [1.54, 1.807) is 0 Å². The number of fused-ring (bicyclic) bond motifs is 1. The van der Waals surface area contributed by atoms with E-state index in [2.05, 4.69) is 16.6 Å². The van der Waals surface area contributed by atoms with Crippen molar-refractivity contribution in [2.75, 3.05) is 5.88 Å². The first kappa shape index (κ1) is 14.9. The molecule has 1 aliphatic rings. The third kappa shape index (κ3) is 2.70. The van der Waals surface area contributed by atoms with E-state index in [0.29, 0.717) is 11.9 Å². The van der Waals surface area contributed by atoms with E-state index in [-0.39, 0.29) is 0 Å². The molecule has 1 saturated carbocycles. The Morgan fingerprint density at radius 3 is 2.52 bits per heavy atom. The second kappa shape index (κ2) is 6.39. The summed E-state index contributed by atoms with van der Waals surface area (Å²) in [6, 6.07) is 0.566. The molecule has 0 unspecified atom stereocenters. The van der Waals surface area contributed by atoms with Gasteiger partial charge in [-0.15, -0.1) is 11.6 Å². The van der Waals surface area contributed by atoms with Gasteiger partial charge in [-0.25, -0.2) is 4.98 Å². The van der Waals surface area contributed by atoms with E-state index in [9.17, 15) is 0 Å². The minimum absolute atomic E-state index is 0.566. The second-order valence-corrected chi connectivity index (χ2v) is 6.46. The molecule has 21 heavy (non-hydrogen) atoms. The first-order valence-electron chi connectivity index (χ1n) is 8.25. The number of halogens is 1.